The van der Waals surface area contributed by atoms with Crippen LogP contribution in [0.15, 0.2) is 78.0 Å². The molecule has 0 atom stereocenters. The fourth-order valence-corrected chi connectivity index (χ4v) is 3.21. The average molecular weight is 374 g/mol. The van der Waals surface area contributed by atoms with E-state index in [9.17, 15) is 0 Å². The number of nitrogens with zero attached hydrogens (tertiary/aromatic N) is 4. The van der Waals surface area contributed by atoms with Crippen LogP contribution in [0, 0.1) is 0 Å². The summed E-state index contributed by atoms with van der Waals surface area (Å²) in [5.74, 6) is 1.52. The number of pyridine rings is 1. The van der Waals surface area contributed by atoms with Crippen LogP contribution in [0.2, 0.25) is 0 Å². The number of benzene rings is 2. The van der Waals surface area contributed by atoms with Gasteiger partial charge in [0.15, 0.2) is 0 Å². The van der Waals surface area contributed by atoms with Crippen LogP contribution >= 0.6 is 0 Å². The molecule has 1 aromatic heterocycles. The van der Waals surface area contributed by atoms with Gasteiger partial charge in [-0.25, -0.2) is 5.01 Å². The number of para-hydroxylation sites is 1. The van der Waals surface area contributed by atoms with Crippen LogP contribution in [0.25, 0.3) is 0 Å². The fourth-order valence-electron chi connectivity index (χ4n) is 3.21. The van der Waals surface area contributed by atoms with Gasteiger partial charge in [0.1, 0.15) is 23.9 Å². The van der Waals surface area contributed by atoms with E-state index in [-0.39, 0.29) is 0 Å². The molecule has 6 heteroatoms. The Hall–Kier alpha value is -3.54. The maximum atomic E-state index is 5.63. The van der Waals surface area contributed by atoms with E-state index in [2.05, 4.69) is 9.88 Å². The van der Waals surface area contributed by atoms with E-state index in [0.717, 1.165) is 34.3 Å². The molecule has 0 bridgehead atoms. The molecule has 0 saturated carbocycles. The summed E-state index contributed by atoms with van der Waals surface area (Å²) < 4.78 is 11.0. The highest BCUT2D eigenvalue weighted by Crippen LogP contribution is 2.34. The summed E-state index contributed by atoms with van der Waals surface area (Å²) in [7, 11) is 3.32. The molecule has 1 aliphatic heterocycles. The SMILES string of the molecule is COc1ccc(N2CC(c3ccccn3)=NN(c3ccccc3)C2)c(OC)c1. The smallest absolute Gasteiger partial charge is 0.145 e. The first-order valence-electron chi connectivity index (χ1n) is 9.07. The van der Waals surface area contributed by atoms with Crippen molar-refractivity contribution in [1.82, 2.24) is 4.98 Å². The molecule has 142 valence electrons. The molecule has 0 aliphatic carbocycles. The van der Waals surface area contributed by atoms with Crippen LogP contribution < -0.4 is 19.4 Å². The van der Waals surface area contributed by atoms with Crippen molar-refractivity contribution in [1.29, 1.82) is 0 Å². The lowest BCUT2D eigenvalue weighted by atomic mass is 10.2. The van der Waals surface area contributed by atoms with Gasteiger partial charge in [-0.1, -0.05) is 24.3 Å². The molecule has 3 aromatic rings. The first-order chi connectivity index (χ1) is 13.8. The van der Waals surface area contributed by atoms with Gasteiger partial charge in [0, 0.05) is 12.3 Å². The van der Waals surface area contributed by atoms with Crippen molar-refractivity contribution in [3.8, 4) is 11.5 Å². The third kappa shape index (κ3) is 3.62. The number of hydrazone groups is 1. The molecule has 0 saturated heterocycles. The maximum absolute atomic E-state index is 5.63. The van der Waals surface area contributed by atoms with E-state index in [1.54, 1.807) is 20.4 Å². The number of anilines is 2. The number of hydrogen-bond acceptors (Lipinski definition) is 6. The van der Waals surface area contributed by atoms with E-state index in [1.165, 1.54) is 0 Å². The van der Waals surface area contributed by atoms with Gasteiger partial charge in [0.25, 0.3) is 0 Å². The second kappa shape index (κ2) is 8.00. The van der Waals surface area contributed by atoms with Crippen LogP contribution in [-0.4, -0.2) is 38.1 Å². The highest BCUT2D eigenvalue weighted by Gasteiger charge is 2.24. The van der Waals surface area contributed by atoms with Crippen molar-refractivity contribution in [3.63, 3.8) is 0 Å². The van der Waals surface area contributed by atoms with E-state index < -0.39 is 0 Å². The highest BCUT2D eigenvalue weighted by molar-refractivity contribution is 6.03. The average Bonchev–Trinajstić information content (AvgIpc) is 2.79. The molecule has 4 rings (SSSR count). The Morgan fingerprint density at radius 1 is 0.893 bits per heavy atom. The van der Waals surface area contributed by atoms with Crippen LogP contribution in [0.3, 0.4) is 0 Å². The second-order valence-corrected chi connectivity index (χ2v) is 6.37. The van der Waals surface area contributed by atoms with E-state index in [4.69, 9.17) is 14.6 Å². The van der Waals surface area contributed by atoms with Crippen molar-refractivity contribution >= 4 is 17.1 Å². The molecule has 2 aromatic carbocycles. The molecule has 2 heterocycles. The molecule has 28 heavy (non-hydrogen) atoms. The minimum atomic E-state index is 0.600. The molecule has 0 fully saturated rings. The summed E-state index contributed by atoms with van der Waals surface area (Å²) in [6.07, 6.45) is 1.79. The van der Waals surface area contributed by atoms with E-state index in [1.807, 2.05) is 71.7 Å². The Kier molecular flexibility index (Phi) is 5.10. The molecule has 0 unspecified atom stereocenters. The highest BCUT2D eigenvalue weighted by atomic mass is 16.5. The lowest BCUT2D eigenvalue weighted by Gasteiger charge is -2.36. The number of methoxy groups -OCH3 is 2. The van der Waals surface area contributed by atoms with Gasteiger partial charge in [-0.2, -0.15) is 5.10 Å². The summed E-state index contributed by atoms with van der Waals surface area (Å²) >= 11 is 0. The topological polar surface area (TPSA) is 50.2 Å². The fraction of sp³-hybridized carbons (Fsp3) is 0.182. The summed E-state index contributed by atoms with van der Waals surface area (Å²) in [4.78, 5) is 6.72. The largest absolute Gasteiger partial charge is 0.497 e. The van der Waals surface area contributed by atoms with Gasteiger partial charge in [0.05, 0.1) is 37.8 Å². The van der Waals surface area contributed by atoms with Gasteiger partial charge < -0.3 is 14.4 Å². The molecular weight excluding hydrogens is 352 g/mol. The van der Waals surface area contributed by atoms with Crippen molar-refractivity contribution in [3.05, 3.63) is 78.6 Å². The normalized spacial score (nSPS) is 13.9. The lowest BCUT2D eigenvalue weighted by Crippen LogP contribution is -2.44. The van der Waals surface area contributed by atoms with Crippen molar-refractivity contribution < 1.29 is 9.47 Å². The number of ether oxygens (including phenoxy) is 2. The molecular formula is C22H22N4O2. The Morgan fingerprint density at radius 2 is 1.71 bits per heavy atom. The third-order valence-electron chi connectivity index (χ3n) is 4.63. The Labute approximate surface area is 164 Å². The lowest BCUT2D eigenvalue weighted by molar-refractivity contribution is 0.394. The zero-order chi connectivity index (χ0) is 19.3. The molecule has 1 aliphatic rings. The first kappa shape index (κ1) is 17.9. The standard InChI is InChI=1S/C22H22N4O2/c1-27-18-11-12-21(22(14-18)28-2)25-15-20(19-10-6-7-13-23-19)24-26(16-25)17-8-4-3-5-9-17/h3-14H,15-16H2,1-2H3. The van der Waals surface area contributed by atoms with E-state index in [0.29, 0.717) is 13.2 Å². The first-order valence-corrected chi connectivity index (χ1v) is 9.07. The van der Waals surface area contributed by atoms with Gasteiger partial charge in [-0.3, -0.25) is 4.98 Å². The molecule has 0 N–H and O–H groups in total. The molecule has 0 amide bonds. The van der Waals surface area contributed by atoms with Crippen LogP contribution in [-0.2, 0) is 0 Å². The van der Waals surface area contributed by atoms with Gasteiger partial charge in [-0.15, -0.1) is 0 Å². The minimum Gasteiger partial charge on any atom is -0.497 e. The van der Waals surface area contributed by atoms with Gasteiger partial charge in [-0.05, 0) is 36.4 Å². The van der Waals surface area contributed by atoms with Gasteiger partial charge in [0.2, 0.25) is 0 Å². The Morgan fingerprint density at radius 3 is 2.43 bits per heavy atom. The van der Waals surface area contributed by atoms with Crippen molar-refractivity contribution in [2.24, 2.45) is 5.10 Å². The van der Waals surface area contributed by atoms with Crippen molar-refractivity contribution in [2.75, 3.05) is 37.3 Å². The molecule has 6 nitrogen and oxygen atoms in total. The number of hydrogen-bond donors (Lipinski definition) is 0. The second-order valence-electron chi connectivity index (χ2n) is 6.37. The quantitative estimate of drug-likeness (QED) is 0.680. The Bertz CT molecular complexity index is 961. The summed E-state index contributed by atoms with van der Waals surface area (Å²) in [6.45, 7) is 1.23. The maximum Gasteiger partial charge on any atom is 0.145 e. The van der Waals surface area contributed by atoms with Gasteiger partial charge >= 0.3 is 0 Å². The number of aromatic nitrogens is 1. The molecule has 0 radical (unpaired) electrons. The zero-order valence-electron chi connectivity index (χ0n) is 15.9. The zero-order valence-corrected chi connectivity index (χ0v) is 15.9. The van der Waals surface area contributed by atoms with Crippen LogP contribution in [0.1, 0.15) is 5.69 Å². The summed E-state index contributed by atoms with van der Waals surface area (Å²) in [5.41, 5.74) is 3.76. The number of rotatable bonds is 5. The summed E-state index contributed by atoms with van der Waals surface area (Å²) in [5, 5.41) is 6.85. The third-order valence-corrected chi connectivity index (χ3v) is 4.63. The Balaban J connectivity index is 1.74. The minimum absolute atomic E-state index is 0.600. The van der Waals surface area contributed by atoms with E-state index >= 15 is 0 Å². The molecule has 0 spiro atoms. The monoisotopic (exact) mass is 374 g/mol. The van der Waals surface area contributed by atoms with Crippen LogP contribution in [0.5, 0.6) is 11.5 Å². The summed E-state index contributed by atoms with van der Waals surface area (Å²) in [6, 6.07) is 21.8. The predicted molar refractivity (Wildman–Crippen MR) is 111 cm³/mol. The predicted octanol–water partition coefficient (Wildman–Crippen LogP) is 3.79. The van der Waals surface area contributed by atoms with Crippen LogP contribution in [0.4, 0.5) is 11.4 Å². The van der Waals surface area contributed by atoms with Crippen molar-refractivity contribution in [2.45, 2.75) is 0 Å².